The molecule has 1 aromatic heterocycles. The van der Waals surface area contributed by atoms with E-state index in [1.54, 1.807) is 12.4 Å². The summed E-state index contributed by atoms with van der Waals surface area (Å²) in [6.07, 6.45) is 3.46. The van der Waals surface area contributed by atoms with Crippen LogP contribution in [0.5, 0.6) is 0 Å². The fourth-order valence-corrected chi connectivity index (χ4v) is 1.75. The monoisotopic (exact) mass is 193 g/mol. The molecule has 0 amide bonds. The molecule has 0 bridgehead atoms. The van der Waals surface area contributed by atoms with Gasteiger partial charge >= 0.3 is 0 Å². The molecule has 0 radical (unpaired) electrons. The Kier molecular flexibility index (Phi) is 2.54. The van der Waals surface area contributed by atoms with Crippen LogP contribution in [-0.4, -0.2) is 30.8 Å². The summed E-state index contributed by atoms with van der Waals surface area (Å²) in [6, 6.07) is 2.34. The van der Waals surface area contributed by atoms with Crippen molar-refractivity contribution in [3.05, 3.63) is 18.5 Å². The summed E-state index contributed by atoms with van der Waals surface area (Å²) in [4.78, 5) is 6.25. The van der Waals surface area contributed by atoms with Crippen LogP contribution < -0.4 is 10.6 Å². The number of hydrogen-bond acceptors (Lipinski definition) is 4. The van der Waals surface area contributed by atoms with E-state index in [-0.39, 0.29) is 0 Å². The Bertz CT molecular complexity index is 316. The molecule has 76 valence electrons. The van der Waals surface area contributed by atoms with Crippen LogP contribution in [0.3, 0.4) is 0 Å². The Morgan fingerprint density at radius 1 is 1.64 bits per heavy atom. The third-order valence-corrected chi connectivity index (χ3v) is 2.50. The smallest absolute Gasteiger partial charge is 0.0738 e. The third kappa shape index (κ3) is 1.65. The number of nitrogens with two attached hydrogens (primary N) is 1. The van der Waals surface area contributed by atoms with Crippen LogP contribution in [0.4, 0.5) is 11.4 Å². The molecule has 1 aromatic rings. The minimum absolute atomic E-state index is 0.383. The van der Waals surface area contributed by atoms with Crippen molar-refractivity contribution in [2.75, 3.05) is 30.4 Å². The molecule has 0 spiro atoms. The minimum atomic E-state index is 0.383. The van der Waals surface area contributed by atoms with Crippen molar-refractivity contribution in [3.63, 3.8) is 0 Å². The molecule has 0 aromatic carbocycles. The Morgan fingerprint density at radius 3 is 3.21 bits per heavy atom. The van der Waals surface area contributed by atoms with Crippen molar-refractivity contribution in [1.29, 1.82) is 0 Å². The largest absolute Gasteiger partial charge is 0.396 e. The number of anilines is 2. The normalized spacial score (nSPS) is 22.4. The van der Waals surface area contributed by atoms with Gasteiger partial charge in [0.2, 0.25) is 0 Å². The van der Waals surface area contributed by atoms with E-state index < -0.39 is 0 Å². The fraction of sp³-hybridized carbons (Fsp3) is 0.500. The van der Waals surface area contributed by atoms with E-state index in [0.29, 0.717) is 6.04 Å². The molecule has 14 heavy (non-hydrogen) atoms. The molecule has 0 unspecified atom stereocenters. The second-order valence-corrected chi connectivity index (χ2v) is 3.55. The van der Waals surface area contributed by atoms with Crippen molar-refractivity contribution in [2.24, 2.45) is 0 Å². The predicted molar refractivity (Wildman–Crippen MR) is 56.3 cm³/mol. The van der Waals surface area contributed by atoms with E-state index in [9.17, 15) is 0 Å². The van der Waals surface area contributed by atoms with Crippen molar-refractivity contribution in [3.8, 4) is 0 Å². The van der Waals surface area contributed by atoms with Crippen LogP contribution >= 0.6 is 0 Å². The van der Waals surface area contributed by atoms with Crippen LogP contribution in [-0.2, 0) is 4.74 Å². The number of nitrogen functional groups attached to an aromatic ring is 1. The zero-order valence-electron chi connectivity index (χ0n) is 8.31. The maximum Gasteiger partial charge on any atom is 0.0738 e. The first-order valence-corrected chi connectivity index (χ1v) is 4.83. The quantitative estimate of drug-likeness (QED) is 0.719. The lowest BCUT2D eigenvalue weighted by Crippen LogP contribution is -2.44. The predicted octanol–water partition coefficient (Wildman–Crippen LogP) is 0.889. The summed E-state index contributed by atoms with van der Waals surface area (Å²) < 4.78 is 5.38. The topological polar surface area (TPSA) is 51.4 Å². The van der Waals surface area contributed by atoms with E-state index >= 15 is 0 Å². The lowest BCUT2D eigenvalue weighted by Gasteiger charge is -2.35. The number of rotatable bonds is 1. The molecule has 1 saturated heterocycles. The van der Waals surface area contributed by atoms with Gasteiger partial charge in [0, 0.05) is 18.8 Å². The van der Waals surface area contributed by atoms with Crippen LogP contribution in [0.1, 0.15) is 6.92 Å². The van der Waals surface area contributed by atoms with Crippen molar-refractivity contribution < 1.29 is 4.74 Å². The zero-order chi connectivity index (χ0) is 9.97. The van der Waals surface area contributed by atoms with Crippen LogP contribution in [0, 0.1) is 0 Å². The maximum atomic E-state index is 5.87. The van der Waals surface area contributed by atoms with Crippen LogP contribution in [0.15, 0.2) is 18.5 Å². The van der Waals surface area contributed by atoms with Gasteiger partial charge in [0.15, 0.2) is 0 Å². The van der Waals surface area contributed by atoms with Gasteiger partial charge < -0.3 is 15.4 Å². The Labute approximate surface area is 83.7 Å². The van der Waals surface area contributed by atoms with Gasteiger partial charge in [0.1, 0.15) is 0 Å². The Morgan fingerprint density at radius 2 is 2.50 bits per heavy atom. The Hall–Kier alpha value is -1.29. The SMILES string of the molecule is C[C@H]1COCCN1c1ccncc1N. The highest BCUT2D eigenvalue weighted by atomic mass is 16.5. The van der Waals surface area contributed by atoms with E-state index in [4.69, 9.17) is 10.5 Å². The molecule has 0 saturated carbocycles. The van der Waals surface area contributed by atoms with Gasteiger partial charge in [-0.2, -0.15) is 0 Å². The first kappa shape index (κ1) is 9.27. The second-order valence-electron chi connectivity index (χ2n) is 3.55. The highest BCUT2D eigenvalue weighted by Gasteiger charge is 2.20. The summed E-state index contributed by atoms with van der Waals surface area (Å²) >= 11 is 0. The first-order valence-electron chi connectivity index (χ1n) is 4.83. The second kappa shape index (κ2) is 3.84. The molecule has 1 fully saturated rings. The number of ether oxygens (including phenoxy) is 1. The standard InChI is InChI=1S/C10H15N3O/c1-8-7-14-5-4-13(8)10-2-3-12-6-9(10)11/h2-3,6,8H,4-5,7,11H2,1H3/t8-/m0/s1. The van der Waals surface area contributed by atoms with Gasteiger partial charge in [0.25, 0.3) is 0 Å². The number of hydrogen-bond donors (Lipinski definition) is 1. The lowest BCUT2D eigenvalue weighted by atomic mass is 10.2. The number of morpholine rings is 1. The fourth-order valence-electron chi connectivity index (χ4n) is 1.75. The first-order chi connectivity index (χ1) is 6.79. The van der Waals surface area contributed by atoms with E-state index in [0.717, 1.165) is 31.1 Å². The van der Waals surface area contributed by atoms with Gasteiger partial charge in [0.05, 0.1) is 30.8 Å². The summed E-state index contributed by atoms with van der Waals surface area (Å²) in [5.74, 6) is 0. The summed E-state index contributed by atoms with van der Waals surface area (Å²) in [5, 5.41) is 0. The van der Waals surface area contributed by atoms with Crippen molar-refractivity contribution in [1.82, 2.24) is 4.98 Å². The molecular weight excluding hydrogens is 178 g/mol. The molecule has 2 heterocycles. The van der Waals surface area contributed by atoms with E-state index in [2.05, 4.69) is 16.8 Å². The molecule has 4 heteroatoms. The van der Waals surface area contributed by atoms with Gasteiger partial charge in [-0.1, -0.05) is 0 Å². The van der Waals surface area contributed by atoms with Gasteiger partial charge in [-0.15, -0.1) is 0 Å². The summed E-state index contributed by atoms with van der Waals surface area (Å²) in [5.41, 5.74) is 7.67. The lowest BCUT2D eigenvalue weighted by molar-refractivity contribution is 0.0990. The molecule has 2 rings (SSSR count). The van der Waals surface area contributed by atoms with Gasteiger partial charge in [-0.3, -0.25) is 4.98 Å². The van der Waals surface area contributed by atoms with Crippen molar-refractivity contribution >= 4 is 11.4 Å². The zero-order valence-corrected chi connectivity index (χ0v) is 8.31. The Balaban J connectivity index is 2.25. The molecule has 1 aliphatic heterocycles. The molecule has 0 aliphatic carbocycles. The summed E-state index contributed by atoms with van der Waals surface area (Å²) in [7, 11) is 0. The average Bonchev–Trinajstić information content (AvgIpc) is 2.20. The van der Waals surface area contributed by atoms with Crippen LogP contribution in [0.25, 0.3) is 0 Å². The molecule has 1 aliphatic rings. The van der Waals surface area contributed by atoms with Gasteiger partial charge in [-0.05, 0) is 13.0 Å². The third-order valence-electron chi connectivity index (χ3n) is 2.50. The molecule has 1 atom stereocenters. The van der Waals surface area contributed by atoms with E-state index in [1.807, 2.05) is 6.07 Å². The molecule has 2 N–H and O–H groups in total. The molecular formula is C10H15N3O. The van der Waals surface area contributed by atoms with Gasteiger partial charge in [-0.25, -0.2) is 0 Å². The van der Waals surface area contributed by atoms with E-state index in [1.165, 1.54) is 0 Å². The number of pyridine rings is 1. The molecule has 4 nitrogen and oxygen atoms in total. The van der Waals surface area contributed by atoms with Crippen LogP contribution in [0.2, 0.25) is 0 Å². The average molecular weight is 193 g/mol. The maximum absolute atomic E-state index is 5.87. The summed E-state index contributed by atoms with van der Waals surface area (Å²) in [6.45, 7) is 4.57. The highest BCUT2D eigenvalue weighted by Crippen LogP contribution is 2.24. The highest BCUT2D eigenvalue weighted by molar-refractivity contribution is 5.66. The number of nitrogens with zero attached hydrogens (tertiary/aromatic N) is 2. The number of aromatic nitrogens is 1. The van der Waals surface area contributed by atoms with Crippen molar-refractivity contribution in [2.45, 2.75) is 13.0 Å². The minimum Gasteiger partial charge on any atom is -0.396 e.